The molecule has 6 heteroatoms. The Balaban J connectivity index is 2.73. The first kappa shape index (κ1) is 11.8. The van der Waals surface area contributed by atoms with E-state index >= 15 is 0 Å². The number of hydrogen-bond donors (Lipinski definition) is 3. The lowest BCUT2D eigenvalue weighted by atomic mass is 9.99. The van der Waals surface area contributed by atoms with E-state index in [0.717, 1.165) is 0 Å². The van der Waals surface area contributed by atoms with Crippen molar-refractivity contribution >= 4 is 0 Å². The van der Waals surface area contributed by atoms with E-state index in [0.29, 0.717) is 0 Å². The first-order valence-electron chi connectivity index (χ1n) is 4.33. The zero-order valence-electron chi connectivity index (χ0n) is 8.16. The molecule has 1 aliphatic heterocycles. The van der Waals surface area contributed by atoms with E-state index in [9.17, 15) is 10.2 Å². The van der Waals surface area contributed by atoms with Gasteiger partial charge in [0.1, 0.15) is 24.4 Å². The van der Waals surface area contributed by atoms with Crippen LogP contribution in [0.25, 0.3) is 0 Å². The Labute approximate surface area is 82.0 Å². The van der Waals surface area contributed by atoms with Crippen LogP contribution in [0.3, 0.4) is 0 Å². The average Bonchev–Trinajstić information content (AvgIpc) is 2.20. The van der Waals surface area contributed by atoms with Crippen LogP contribution in [-0.2, 0) is 14.2 Å². The first-order valence-corrected chi connectivity index (χ1v) is 4.33. The third kappa shape index (κ3) is 2.05. The maximum atomic E-state index is 9.65. The van der Waals surface area contributed by atoms with Crippen molar-refractivity contribution in [3.8, 4) is 0 Å². The molecule has 5 unspecified atom stereocenters. The minimum absolute atomic E-state index is 0.380. The minimum Gasteiger partial charge on any atom is -0.394 e. The largest absolute Gasteiger partial charge is 0.394 e. The molecule has 0 aromatic rings. The van der Waals surface area contributed by atoms with Crippen LogP contribution in [-0.4, -0.2) is 66.9 Å². The number of ether oxygens (including phenoxy) is 3. The minimum atomic E-state index is -1.20. The highest BCUT2D eigenvalue weighted by atomic mass is 16.7. The second-order valence-electron chi connectivity index (χ2n) is 3.14. The third-order valence-corrected chi connectivity index (χ3v) is 2.36. The van der Waals surface area contributed by atoms with Gasteiger partial charge < -0.3 is 29.5 Å². The molecule has 0 amide bonds. The first-order chi connectivity index (χ1) is 6.65. The van der Waals surface area contributed by atoms with Gasteiger partial charge in [-0.3, -0.25) is 0 Å². The summed E-state index contributed by atoms with van der Waals surface area (Å²) in [6, 6.07) is 0. The monoisotopic (exact) mass is 208 g/mol. The van der Waals surface area contributed by atoms with Crippen LogP contribution < -0.4 is 0 Å². The molecule has 14 heavy (non-hydrogen) atoms. The summed E-state index contributed by atoms with van der Waals surface area (Å²) in [5, 5.41) is 27.9. The second-order valence-corrected chi connectivity index (χ2v) is 3.14. The van der Waals surface area contributed by atoms with Gasteiger partial charge in [0.2, 0.25) is 0 Å². The van der Waals surface area contributed by atoms with Crippen LogP contribution in [0.2, 0.25) is 0 Å². The van der Waals surface area contributed by atoms with Gasteiger partial charge in [-0.2, -0.15) is 0 Å². The van der Waals surface area contributed by atoms with E-state index in [4.69, 9.17) is 19.3 Å². The van der Waals surface area contributed by atoms with Crippen LogP contribution in [0.1, 0.15) is 0 Å². The van der Waals surface area contributed by atoms with Gasteiger partial charge in [-0.25, -0.2) is 0 Å². The van der Waals surface area contributed by atoms with Crippen molar-refractivity contribution in [2.45, 2.75) is 30.7 Å². The van der Waals surface area contributed by atoms with Crippen molar-refractivity contribution in [3.05, 3.63) is 0 Å². The standard InChI is InChI=1S/C8H16O6/c1-12-6-5(10)4(3-9)14-8(11)7(6)13-2/h4-11H,3H2,1-2H3. The summed E-state index contributed by atoms with van der Waals surface area (Å²) in [7, 11) is 2.78. The Morgan fingerprint density at radius 2 is 1.71 bits per heavy atom. The predicted octanol–water partition coefficient (Wildman–Crippen LogP) is -1.91. The Hall–Kier alpha value is -0.240. The summed E-state index contributed by atoms with van der Waals surface area (Å²) in [6.45, 7) is -0.380. The molecule has 0 aliphatic carbocycles. The Morgan fingerprint density at radius 3 is 2.14 bits per heavy atom. The van der Waals surface area contributed by atoms with Crippen molar-refractivity contribution in [2.24, 2.45) is 0 Å². The molecule has 1 saturated heterocycles. The van der Waals surface area contributed by atoms with Gasteiger partial charge in [0.15, 0.2) is 6.29 Å². The molecule has 1 rings (SSSR count). The quantitative estimate of drug-likeness (QED) is 0.501. The van der Waals surface area contributed by atoms with Crippen LogP contribution in [0, 0.1) is 0 Å². The highest BCUT2D eigenvalue weighted by molar-refractivity contribution is 4.90. The highest BCUT2D eigenvalue weighted by Gasteiger charge is 2.44. The molecular formula is C8H16O6. The summed E-state index contributed by atoms with van der Waals surface area (Å²) in [4.78, 5) is 0. The van der Waals surface area contributed by atoms with E-state index in [1.165, 1.54) is 14.2 Å². The maximum Gasteiger partial charge on any atom is 0.184 e. The molecule has 0 saturated carbocycles. The Morgan fingerprint density at radius 1 is 1.14 bits per heavy atom. The van der Waals surface area contributed by atoms with Gasteiger partial charge in [0.25, 0.3) is 0 Å². The normalized spacial score (nSPS) is 43.9. The van der Waals surface area contributed by atoms with E-state index in [1.807, 2.05) is 0 Å². The smallest absolute Gasteiger partial charge is 0.184 e. The van der Waals surface area contributed by atoms with Gasteiger partial charge in [-0.15, -0.1) is 0 Å². The topological polar surface area (TPSA) is 88.4 Å². The molecule has 5 atom stereocenters. The summed E-state index contributed by atoms with van der Waals surface area (Å²) >= 11 is 0. The fraction of sp³-hybridized carbons (Fsp3) is 1.00. The van der Waals surface area contributed by atoms with E-state index in [-0.39, 0.29) is 6.61 Å². The lowest BCUT2D eigenvalue weighted by Crippen LogP contribution is -2.59. The summed E-state index contributed by atoms with van der Waals surface area (Å²) in [5.41, 5.74) is 0. The zero-order valence-corrected chi connectivity index (χ0v) is 8.16. The fourth-order valence-corrected chi connectivity index (χ4v) is 1.58. The van der Waals surface area contributed by atoms with Gasteiger partial charge in [0, 0.05) is 14.2 Å². The summed E-state index contributed by atoms with van der Waals surface area (Å²) < 4.78 is 14.8. The number of hydrogen-bond acceptors (Lipinski definition) is 6. The van der Waals surface area contributed by atoms with Crippen molar-refractivity contribution in [3.63, 3.8) is 0 Å². The number of rotatable bonds is 3. The summed E-state index contributed by atoms with van der Waals surface area (Å²) in [5.74, 6) is 0. The Kier molecular flexibility index (Phi) is 4.24. The average molecular weight is 208 g/mol. The van der Waals surface area contributed by atoms with Crippen molar-refractivity contribution < 1.29 is 29.5 Å². The fourth-order valence-electron chi connectivity index (χ4n) is 1.58. The van der Waals surface area contributed by atoms with Gasteiger partial charge in [-0.05, 0) is 0 Å². The maximum absolute atomic E-state index is 9.65. The van der Waals surface area contributed by atoms with Crippen LogP contribution in [0.15, 0.2) is 0 Å². The molecule has 1 heterocycles. The van der Waals surface area contributed by atoms with Crippen LogP contribution in [0.4, 0.5) is 0 Å². The summed E-state index contributed by atoms with van der Waals surface area (Å²) in [6.07, 6.45) is -4.52. The number of aliphatic hydroxyl groups is 3. The predicted molar refractivity (Wildman–Crippen MR) is 45.6 cm³/mol. The molecule has 6 nitrogen and oxygen atoms in total. The van der Waals surface area contributed by atoms with Gasteiger partial charge in [0.05, 0.1) is 6.61 Å². The molecule has 3 N–H and O–H groups in total. The lowest BCUT2D eigenvalue weighted by Gasteiger charge is -2.40. The molecule has 0 radical (unpaired) electrons. The van der Waals surface area contributed by atoms with Crippen molar-refractivity contribution in [1.29, 1.82) is 0 Å². The SMILES string of the molecule is COC1C(O)OC(CO)C(O)C1OC. The lowest BCUT2D eigenvalue weighted by molar-refractivity contribution is -0.295. The van der Waals surface area contributed by atoms with Crippen molar-refractivity contribution in [2.75, 3.05) is 20.8 Å². The Bertz CT molecular complexity index is 175. The molecule has 0 aromatic heterocycles. The van der Waals surface area contributed by atoms with Gasteiger partial charge >= 0.3 is 0 Å². The van der Waals surface area contributed by atoms with Gasteiger partial charge in [-0.1, -0.05) is 0 Å². The molecule has 1 fully saturated rings. The number of aliphatic hydroxyl groups excluding tert-OH is 3. The second kappa shape index (κ2) is 5.01. The molecule has 0 aromatic carbocycles. The molecule has 0 spiro atoms. The van der Waals surface area contributed by atoms with E-state index in [2.05, 4.69) is 0 Å². The molecule has 84 valence electrons. The molecule has 0 bridgehead atoms. The third-order valence-electron chi connectivity index (χ3n) is 2.36. The van der Waals surface area contributed by atoms with Crippen LogP contribution in [0.5, 0.6) is 0 Å². The number of methoxy groups -OCH3 is 2. The van der Waals surface area contributed by atoms with E-state index < -0.39 is 30.7 Å². The van der Waals surface area contributed by atoms with Crippen LogP contribution >= 0.6 is 0 Å². The zero-order chi connectivity index (χ0) is 10.7. The van der Waals surface area contributed by atoms with Crippen molar-refractivity contribution in [1.82, 2.24) is 0 Å². The molecular weight excluding hydrogens is 192 g/mol. The molecule has 1 aliphatic rings. The van der Waals surface area contributed by atoms with E-state index in [1.54, 1.807) is 0 Å². The highest BCUT2D eigenvalue weighted by Crippen LogP contribution is 2.23.